The Morgan fingerprint density at radius 2 is 2.00 bits per heavy atom. The topological polar surface area (TPSA) is 51.6 Å². The van der Waals surface area contributed by atoms with E-state index in [0.29, 0.717) is 5.56 Å². The Bertz CT molecular complexity index is 606. The van der Waals surface area contributed by atoms with Crippen LogP contribution in [0.4, 0.5) is 10.2 Å². The van der Waals surface area contributed by atoms with Crippen molar-refractivity contribution in [1.29, 1.82) is 0 Å². The molecule has 4 nitrogen and oxygen atoms in total. The minimum atomic E-state index is -0.424. The summed E-state index contributed by atoms with van der Waals surface area (Å²) < 4.78 is 18.6. The number of pyridine rings is 1. The van der Waals surface area contributed by atoms with Crippen LogP contribution in [0.25, 0.3) is 0 Å². The van der Waals surface area contributed by atoms with E-state index in [0.717, 1.165) is 6.07 Å². The average Bonchev–Trinajstić information content (AvgIpc) is 2.47. The first kappa shape index (κ1) is 16.0. The molecule has 0 unspecified atom stereocenters. The van der Waals surface area contributed by atoms with Crippen molar-refractivity contribution in [3.8, 4) is 11.5 Å². The molecule has 0 atom stereocenters. The molecule has 2 aromatic rings. The molecule has 20 heavy (non-hydrogen) atoms. The predicted molar refractivity (Wildman–Crippen MR) is 77.3 cm³/mol. The Morgan fingerprint density at radius 3 is 2.65 bits per heavy atom. The number of nitrogens with zero attached hydrogens (tertiary/aromatic N) is 2. The van der Waals surface area contributed by atoms with Crippen molar-refractivity contribution in [2.24, 2.45) is 5.18 Å². The van der Waals surface area contributed by atoms with Crippen LogP contribution >= 0.6 is 11.6 Å². The van der Waals surface area contributed by atoms with E-state index >= 15 is 0 Å². The highest BCUT2D eigenvalue weighted by Crippen LogP contribution is 2.34. The van der Waals surface area contributed by atoms with Crippen LogP contribution in [-0.2, 0) is 0 Å². The summed E-state index contributed by atoms with van der Waals surface area (Å²) in [5, 5.41) is 2.84. The second kappa shape index (κ2) is 7.55. The van der Waals surface area contributed by atoms with E-state index in [1.165, 1.54) is 18.3 Å². The van der Waals surface area contributed by atoms with Crippen LogP contribution in [0.5, 0.6) is 11.5 Å². The minimum Gasteiger partial charge on any atom is -0.452 e. The van der Waals surface area contributed by atoms with Crippen LogP contribution in [0.3, 0.4) is 0 Å². The number of aryl methyl sites for hydroxylation is 1. The van der Waals surface area contributed by atoms with E-state index in [9.17, 15) is 9.30 Å². The fourth-order valence-electron chi connectivity index (χ4n) is 1.36. The summed E-state index contributed by atoms with van der Waals surface area (Å²) in [6.45, 7) is 5.58. The molecule has 0 saturated heterocycles. The fourth-order valence-corrected chi connectivity index (χ4v) is 1.55. The first-order valence-electron chi connectivity index (χ1n) is 6.03. The Labute approximate surface area is 121 Å². The van der Waals surface area contributed by atoms with Crippen LogP contribution in [0, 0.1) is 17.6 Å². The van der Waals surface area contributed by atoms with Crippen molar-refractivity contribution in [3.63, 3.8) is 0 Å². The predicted octanol–water partition coefficient (Wildman–Crippen LogP) is 5.40. The molecule has 106 valence electrons. The molecule has 2 rings (SSSR count). The number of nitroso groups, excluding NO2 is 1. The van der Waals surface area contributed by atoms with Crippen molar-refractivity contribution in [2.75, 3.05) is 0 Å². The van der Waals surface area contributed by atoms with Gasteiger partial charge in [-0.2, -0.15) is 0 Å². The quantitative estimate of drug-likeness (QED) is 0.713. The van der Waals surface area contributed by atoms with Gasteiger partial charge in [0.1, 0.15) is 11.6 Å². The molecule has 0 bridgehead atoms. The smallest absolute Gasteiger partial charge is 0.239 e. The van der Waals surface area contributed by atoms with E-state index in [-0.39, 0.29) is 22.3 Å². The third-order valence-electron chi connectivity index (χ3n) is 2.27. The lowest BCUT2D eigenvalue weighted by Crippen LogP contribution is -1.90. The minimum absolute atomic E-state index is 0.0875. The van der Waals surface area contributed by atoms with Crippen LogP contribution in [0.1, 0.15) is 19.4 Å². The van der Waals surface area contributed by atoms with Crippen LogP contribution in [0.2, 0.25) is 5.02 Å². The number of hydrogen-bond acceptors (Lipinski definition) is 4. The van der Waals surface area contributed by atoms with Crippen LogP contribution in [-0.4, -0.2) is 4.98 Å². The van der Waals surface area contributed by atoms with Gasteiger partial charge in [0, 0.05) is 6.20 Å². The van der Waals surface area contributed by atoms with E-state index in [2.05, 4.69) is 10.2 Å². The average molecular weight is 297 g/mol. The molecular formula is C14H14ClFN2O2. The highest BCUT2D eigenvalue weighted by Gasteiger charge is 2.11. The summed E-state index contributed by atoms with van der Waals surface area (Å²) in [4.78, 5) is 14.3. The summed E-state index contributed by atoms with van der Waals surface area (Å²) in [7, 11) is 0. The maximum atomic E-state index is 13.2. The molecule has 0 aliphatic carbocycles. The van der Waals surface area contributed by atoms with E-state index in [1.54, 1.807) is 13.0 Å². The number of ether oxygens (including phenoxy) is 1. The molecule has 0 N–H and O–H groups in total. The normalized spacial score (nSPS) is 9.45. The highest BCUT2D eigenvalue weighted by atomic mass is 35.5. The zero-order valence-corrected chi connectivity index (χ0v) is 12.1. The lowest BCUT2D eigenvalue weighted by Gasteiger charge is -2.09. The van der Waals surface area contributed by atoms with Crippen molar-refractivity contribution in [2.45, 2.75) is 20.8 Å². The standard InChI is InChI=1S/C12H8ClFN2O2.C2H6/c1-7-5-11(8(13)6-9(7)14)18-10-3-2-4-15-12(10)16-17;1-2/h2-6H,1H3;1-2H3. The lowest BCUT2D eigenvalue weighted by atomic mass is 10.2. The Morgan fingerprint density at radius 1 is 1.30 bits per heavy atom. The van der Waals surface area contributed by atoms with Gasteiger partial charge in [0.05, 0.1) is 5.02 Å². The Balaban J connectivity index is 0.000000956. The van der Waals surface area contributed by atoms with Gasteiger partial charge in [-0.3, -0.25) is 0 Å². The second-order valence-corrected chi connectivity index (χ2v) is 3.96. The summed E-state index contributed by atoms with van der Waals surface area (Å²) in [6.07, 6.45) is 1.42. The Hall–Kier alpha value is -2.01. The molecule has 0 saturated carbocycles. The molecule has 0 aliphatic rings. The van der Waals surface area contributed by atoms with Gasteiger partial charge in [0.25, 0.3) is 0 Å². The molecular weight excluding hydrogens is 283 g/mol. The van der Waals surface area contributed by atoms with Crippen molar-refractivity contribution < 1.29 is 9.13 Å². The number of benzene rings is 1. The highest BCUT2D eigenvalue weighted by molar-refractivity contribution is 6.32. The summed E-state index contributed by atoms with van der Waals surface area (Å²) in [5.41, 5.74) is 0.388. The van der Waals surface area contributed by atoms with Crippen molar-refractivity contribution in [1.82, 2.24) is 4.98 Å². The zero-order chi connectivity index (χ0) is 15.1. The lowest BCUT2D eigenvalue weighted by molar-refractivity contribution is 0.479. The number of rotatable bonds is 3. The molecule has 6 heteroatoms. The van der Waals surface area contributed by atoms with Gasteiger partial charge in [-0.1, -0.05) is 25.4 Å². The molecule has 0 aliphatic heterocycles. The SMILES string of the molecule is CC.Cc1cc(Oc2cccnc2N=O)c(Cl)cc1F. The molecule has 0 radical (unpaired) electrons. The van der Waals surface area contributed by atoms with Gasteiger partial charge < -0.3 is 4.74 Å². The van der Waals surface area contributed by atoms with Gasteiger partial charge >= 0.3 is 0 Å². The molecule has 1 aromatic heterocycles. The largest absolute Gasteiger partial charge is 0.452 e. The van der Waals surface area contributed by atoms with Gasteiger partial charge in [-0.25, -0.2) is 9.37 Å². The number of hydrogen-bond donors (Lipinski definition) is 0. The first-order valence-corrected chi connectivity index (χ1v) is 6.41. The maximum Gasteiger partial charge on any atom is 0.239 e. The number of halogens is 2. The first-order chi connectivity index (χ1) is 9.61. The number of aromatic nitrogens is 1. The van der Waals surface area contributed by atoms with Gasteiger partial charge in [0.15, 0.2) is 5.75 Å². The molecule has 0 amide bonds. The van der Waals surface area contributed by atoms with E-state index in [1.807, 2.05) is 13.8 Å². The fraction of sp³-hybridized carbons (Fsp3) is 0.214. The maximum absolute atomic E-state index is 13.2. The molecule has 1 aromatic carbocycles. The summed E-state index contributed by atoms with van der Waals surface area (Å²) in [5.74, 6) is -0.100. The van der Waals surface area contributed by atoms with E-state index < -0.39 is 5.82 Å². The van der Waals surface area contributed by atoms with Crippen LogP contribution < -0.4 is 4.74 Å². The third kappa shape index (κ3) is 3.74. The molecule has 0 spiro atoms. The summed E-state index contributed by atoms with van der Waals surface area (Å²) >= 11 is 5.85. The summed E-state index contributed by atoms with van der Waals surface area (Å²) in [6, 6.07) is 5.71. The van der Waals surface area contributed by atoms with Crippen molar-refractivity contribution >= 4 is 17.4 Å². The van der Waals surface area contributed by atoms with Crippen molar-refractivity contribution in [3.05, 3.63) is 51.8 Å². The van der Waals surface area contributed by atoms with E-state index in [4.69, 9.17) is 16.3 Å². The van der Waals surface area contributed by atoms with Gasteiger partial charge in [-0.15, -0.1) is 4.91 Å². The molecule has 0 fully saturated rings. The monoisotopic (exact) mass is 296 g/mol. The zero-order valence-electron chi connectivity index (χ0n) is 11.4. The van der Waals surface area contributed by atoms with Crippen LogP contribution in [0.15, 0.2) is 35.6 Å². The molecule has 1 heterocycles. The Kier molecular flexibility index (Phi) is 6.06. The van der Waals surface area contributed by atoms with Gasteiger partial charge in [0.2, 0.25) is 5.82 Å². The third-order valence-corrected chi connectivity index (χ3v) is 2.57. The second-order valence-electron chi connectivity index (χ2n) is 3.55. The van der Waals surface area contributed by atoms with Gasteiger partial charge in [-0.05, 0) is 41.9 Å².